The van der Waals surface area contributed by atoms with Gasteiger partial charge in [-0.25, -0.2) is 9.18 Å². The van der Waals surface area contributed by atoms with Crippen molar-refractivity contribution in [2.45, 2.75) is 25.4 Å². The van der Waals surface area contributed by atoms with Gasteiger partial charge in [0.25, 0.3) is 0 Å². The first-order valence-corrected chi connectivity index (χ1v) is 6.88. The van der Waals surface area contributed by atoms with E-state index in [1.165, 1.54) is 12.1 Å². The van der Waals surface area contributed by atoms with Gasteiger partial charge in [0.15, 0.2) is 0 Å². The number of ether oxygens (including phenoxy) is 1. The van der Waals surface area contributed by atoms with E-state index in [9.17, 15) is 9.18 Å². The highest BCUT2D eigenvalue weighted by molar-refractivity contribution is 7.80. The topological polar surface area (TPSA) is 50.4 Å². The molecule has 0 saturated carbocycles. The molecule has 1 heterocycles. The maximum atomic E-state index is 13.0. The fraction of sp³-hybridized carbons (Fsp3) is 0.357. The predicted octanol–water partition coefficient (Wildman–Crippen LogP) is 2.11. The Kier molecular flexibility index (Phi) is 4.67. The Balaban J connectivity index is 2.39. The van der Waals surface area contributed by atoms with Crippen molar-refractivity contribution in [3.63, 3.8) is 0 Å². The van der Waals surface area contributed by atoms with Crippen molar-refractivity contribution >= 4 is 18.6 Å². The molecule has 20 heavy (non-hydrogen) atoms. The second kappa shape index (κ2) is 6.28. The van der Waals surface area contributed by atoms with Gasteiger partial charge in [-0.2, -0.15) is 0 Å². The van der Waals surface area contributed by atoms with Gasteiger partial charge in [0.1, 0.15) is 11.3 Å². The molecule has 1 aliphatic rings. The lowest BCUT2D eigenvalue weighted by Gasteiger charge is -2.32. The molecule has 0 amide bonds. The molecule has 0 saturated heterocycles. The summed E-state index contributed by atoms with van der Waals surface area (Å²) in [5.74, 6) is -0.706. The fourth-order valence-corrected chi connectivity index (χ4v) is 2.52. The van der Waals surface area contributed by atoms with Crippen LogP contribution in [0.1, 0.15) is 25.5 Å². The minimum absolute atomic E-state index is 0.289. The molecule has 6 heteroatoms. The lowest BCUT2D eigenvalue weighted by Crippen LogP contribution is -2.46. The first-order chi connectivity index (χ1) is 9.52. The van der Waals surface area contributed by atoms with Crippen LogP contribution in [0.5, 0.6) is 0 Å². The molecule has 1 aromatic rings. The number of nitrogens with one attached hydrogen (secondary N) is 2. The average molecular weight is 296 g/mol. The first kappa shape index (κ1) is 14.9. The maximum Gasteiger partial charge on any atom is 0.337 e. The van der Waals surface area contributed by atoms with Crippen molar-refractivity contribution < 1.29 is 13.9 Å². The Hall–Kier alpha value is -1.53. The Morgan fingerprint density at radius 1 is 1.40 bits per heavy atom. The number of carbonyl (C=O) groups excluding carboxylic acids is 1. The Morgan fingerprint density at radius 3 is 2.65 bits per heavy atom. The van der Waals surface area contributed by atoms with E-state index in [-0.39, 0.29) is 23.3 Å². The second-order valence-electron chi connectivity index (χ2n) is 4.46. The minimum atomic E-state index is -0.389. The molecule has 2 unspecified atom stereocenters. The molecule has 0 bridgehead atoms. The molecule has 108 valence electrons. The largest absolute Gasteiger partial charge is 0.463 e. The molecule has 0 spiro atoms. The van der Waals surface area contributed by atoms with Crippen LogP contribution in [0.4, 0.5) is 4.39 Å². The van der Waals surface area contributed by atoms with Crippen LogP contribution in [0.25, 0.3) is 0 Å². The minimum Gasteiger partial charge on any atom is -0.463 e. The van der Waals surface area contributed by atoms with Crippen LogP contribution in [0, 0.1) is 5.82 Å². The first-order valence-electron chi connectivity index (χ1n) is 6.37. The molecule has 0 radical (unpaired) electrons. The maximum absolute atomic E-state index is 13.0. The molecular weight excluding hydrogens is 279 g/mol. The summed E-state index contributed by atoms with van der Waals surface area (Å²) in [7, 11) is 0. The Morgan fingerprint density at radius 2 is 2.05 bits per heavy atom. The van der Waals surface area contributed by atoms with Gasteiger partial charge in [0, 0.05) is 5.70 Å². The van der Waals surface area contributed by atoms with Crippen molar-refractivity contribution in [3.8, 4) is 0 Å². The number of allylic oxidation sites excluding steroid dienone is 1. The normalized spacial score (nSPS) is 22.4. The van der Waals surface area contributed by atoms with Gasteiger partial charge in [-0.15, -0.1) is 12.6 Å². The average Bonchev–Trinajstić information content (AvgIpc) is 2.38. The van der Waals surface area contributed by atoms with E-state index >= 15 is 0 Å². The Bertz CT molecular complexity index is 530. The lowest BCUT2D eigenvalue weighted by molar-refractivity contribution is -0.139. The molecule has 1 aromatic carbocycles. The summed E-state index contributed by atoms with van der Waals surface area (Å²) < 4.78 is 18.1. The van der Waals surface area contributed by atoms with Crippen LogP contribution in [0.2, 0.25) is 0 Å². The van der Waals surface area contributed by atoms with Crippen LogP contribution in [-0.4, -0.2) is 18.1 Å². The number of hydrogen-bond acceptors (Lipinski definition) is 5. The number of thiol groups is 1. The monoisotopic (exact) mass is 296 g/mol. The number of rotatable bonds is 3. The number of carbonyl (C=O) groups is 1. The van der Waals surface area contributed by atoms with Gasteiger partial charge in [-0.3, -0.25) is 5.32 Å². The van der Waals surface area contributed by atoms with Crippen LogP contribution < -0.4 is 10.6 Å². The molecule has 2 atom stereocenters. The molecule has 0 aliphatic carbocycles. The van der Waals surface area contributed by atoms with Crippen molar-refractivity contribution in [2.24, 2.45) is 0 Å². The quantitative estimate of drug-likeness (QED) is 0.591. The molecule has 1 aliphatic heterocycles. The summed E-state index contributed by atoms with van der Waals surface area (Å²) in [6.45, 7) is 3.86. The molecule has 0 aromatic heterocycles. The zero-order valence-electron chi connectivity index (χ0n) is 11.3. The third-order valence-corrected chi connectivity index (χ3v) is 3.35. The van der Waals surface area contributed by atoms with E-state index < -0.39 is 0 Å². The van der Waals surface area contributed by atoms with E-state index in [1.807, 2.05) is 0 Å². The van der Waals surface area contributed by atoms with E-state index in [0.29, 0.717) is 17.9 Å². The zero-order chi connectivity index (χ0) is 14.7. The van der Waals surface area contributed by atoms with Gasteiger partial charge in [0.05, 0.1) is 18.2 Å². The van der Waals surface area contributed by atoms with Crippen LogP contribution in [-0.2, 0) is 9.53 Å². The molecule has 0 fully saturated rings. The van der Waals surface area contributed by atoms with Crippen molar-refractivity contribution in [1.82, 2.24) is 10.6 Å². The Labute approximate surface area is 122 Å². The third-order valence-electron chi connectivity index (χ3n) is 3.07. The van der Waals surface area contributed by atoms with Gasteiger partial charge < -0.3 is 10.1 Å². The summed E-state index contributed by atoms with van der Waals surface area (Å²) in [5, 5.41) is 6.18. The standard InChI is InChI=1S/C14H17FN2O2S/c1-3-19-13(18)11-8(2)16-14(20)17-12(11)9-4-6-10(15)7-5-9/h4-7,12,14,16-17,20H,3H2,1-2H3. The van der Waals surface area contributed by atoms with Crippen molar-refractivity contribution in [3.05, 3.63) is 46.9 Å². The van der Waals surface area contributed by atoms with E-state index in [1.54, 1.807) is 26.0 Å². The molecular formula is C14H17FN2O2S. The van der Waals surface area contributed by atoms with E-state index in [0.717, 1.165) is 5.56 Å². The summed E-state index contributed by atoms with van der Waals surface area (Å²) in [5.41, 5.74) is 1.69. The van der Waals surface area contributed by atoms with Crippen LogP contribution >= 0.6 is 12.6 Å². The zero-order valence-corrected chi connectivity index (χ0v) is 12.2. The number of benzene rings is 1. The number of esters is 1. The van der Waals surface area contributed by atoms with Gasteiger partial charge in [0.2, 0.25) is 0 Å². The summed E-state index contributed by atoms with van der Waals surface area (Å²) >= 11 is 4.33. The molecule has 4 nitrogen and oxygen atoms in total. The molecule has 2 rings (SSSR count). The predicted molar refractivity (Wildman–Crippen MR) is 77.5 cm³/mol. The molecule has 2 N–H and O–H groups in total. The van der Waals surface area contributed by atoms with Crippen molar-refractivity contribution in [2.75, 3.05) is 6.61 Å². The van der Waals surface area contributed by atoms with Crippen LogP contribution in [0.15, 0.2) is 35.5 Å². The van der Waals surface area contributed by atoms with Crippen molar-refractivity contribution in [1.29, 1.82) is 0 Å². The highest BCUT2D eigenvalue weighted by Gasteiger charge is 2.31. The number of halogens is 1. The van der Waals surface area contributed by atoms with Gasteiger partial charge in [-0.1, -0.05) is 12.1 Å². The van der Waals surface area contributed by atoms with Crippen LogP contribution in [0.3, 0.4) is 0 Å². The lowest BCUT2D eigenvalue weighted by atomic mass is 9.96. The van der Waals surface area contributed by atoms with E-state index in [2.05, 4.69) is 23.3 Å². The van der Waals surface area contributed by atoms with Gasteiger partial charge >= 0.3 is 5.97 Å². The van der Waals surface area contributed by atoms with Gasteiger partial charge in [-0.05, 0) is 31.5 Å². The fourth-order valence-electron chi connectivity index (χ4n) is 2.18. The second-order valence-corrected chi connectivity index (χ2v) is 4.97. The highest BCUT2D eigenvalue weighted by atomic mass is 32.1. The van der Waals surface area contributed by atoms with E-state index in [4.69, 9.17) is 4.74 Å². The SMILES string of the molecule is CCOC(=O)C1=C(C)NC(S)NC1c1ccc(F)cc1. The highest BCUT2D eigenvalue weighted by Crippen LogP contribution is 2.29. The summed E-state index contributed by atoms with van der Waals surface area (Å²) in [6.07, 6.45) is 0. The third kappa shape index (κ3) is 3.13. The summed E-state index contributed by atoms with van der Waals surface area (Å²) in [6, 6.07) is 5.64. The number of hydrogen-bond donors (Lipinski definition) is 3. The smallest absolute Gasteiger partial charge is 0.337 e. The summed E-state index contributed by atoms with van der Waals surface area (Å²) in [4.78, 5) is 12.1.